The van der Waals surface area contributed by atoms with E-state index in [9.17, 15) is 0 Å². The maximum absolute atomic E-state index is 5.25. The fraction of sp³-hybridized carbons (Fsp3) is 1.00. The highest BCUT2D eigenvalue weighted by atomic mass is 16.5. The molecule has 50 heavy (non-hydrogen) atoms. The third-order valence-electron chi connectivity index (χ3n) is 13.0. The van der Waals surface area contributed by atoms with Gasteiger partial charge in [0.15, 0.2) is 0 Å². The van der Waals surface area contributed by atoms with Crippen molar-refractivity contribution in [2.24, 2.45) is 70.0 Å². The molecule has 10 atom stereocenters. The van der Waals surface area contributed by atoms with Crippen LogP contribution in [0, 0.1) is 70.0 Å². The summed E-state index contributed by atoms with van der Waals surface area (Å²) in [5.41, 5.74) is 1.25. The van der Waals surface area contributed by atoms with E-state index in [0.717, 1.165) is 104 Å². The number of ether oxygens (including phenoxy) is 3. The van der Waals surface area contributed by atoms with Crippen molar-refractivity contribution in [2.75, 3.05) is 79.9 Å². The van der Waals surface area contributed by atoms with Crippen molar-refractivity contribution in [3.8, 4) is 0 Å². The molecule has 5 heteroatoms. The minimum atomic E-state index is 0.500. The van der Waals surface area contributed by atoms with Crippen LogP contribution in [0.25, 0.3) is 0 Å². The minimum absolute atomic E-state index is 0.500. The van der Waals surface area contributed by atoms with Crippen molar-refractivity contribution < 1.29 is 14.2 Å². The first-order valence-electron chi connectivity index (χ1n) is 21.3. The van der Waals surface area contributed by atoms with Gasteiger partial charge in [0.25, 0.3) is 0 Å². The molecule has 300 valence electrons. The third-order valence-corrected chi connectivity index (χ3v) is 13.0. The average molecular weight is 709 g/mol. The first-order chi connectivity index (χ1) is 23.2. The Morgan fingerprint density at radius 1 is 0.420 bits per heavy atom. The first kappa shape index (κ1) is 47.8. The van der Waals surface area contributed by atoms with Gasteiger partial charge in [-0.1, -0.05) is 116 Å². The second-order valence-electron chi connectivity index (χ2n) is 20.2. The van der Waals surface area contributed by atoms with Crippen LogP contribution in [0.4, 0.5) is 0 Å². The van der Waals surface area contributed by atoms with Crippen LogP contribution in [0.1, 0.15) is 142 Å². The van der Waals surface area contributed by atoms with Crippen LogP contribution in [0.2, 0.25) is 0 Å². The van der Waals surface area contributed by atoms with Crippen molar-refractivity contribution in [2.45, 2.75) is 142 Å². The Hall–Kier alpha value is -0.200. The summed E-state index contributed by atoms with van der Waals surface area (Å²) in [6.45, 7) is 43.1. The summed E-state index contributed by atoms with van der Waals surface area (Å²) in [5.74, 6) is 8.96. The van der Waals surface area contributed by atoms with E-state index in [4.69, 9.17) is 14.2 Å². The molecule has 0 bridgehead atoms. The molecule has 5 aliphatic heterocycles. The molecule has 2 saturated carbocycles. The van der Waals surface area contributed by atoms with Crippen LogP contribution in [-0.4, -0.2) is 89.7 Å². The molecule has 0 spiro atoms. The number of hydrogen-bond donors (Lipinski definition) is 0. The van der Waals surface area contributed by atoms with Crippen molar-refractivity contribution in [3.63, 3.8) is 0 Å². The van der Waals surface area contributed by atoms with Gasteiger partial charge in [0, 0.05) is 51.5 Å². The van der Waals surface area contributed by atoms with Crippen molar-refractivity contribution in [3.05, 3.63) is 0 Å². The maximum atomic E-state index is 5.25. The van der Waals surface area contributed by atoms with E-state index in [1.54, 1.807) is 0 Å². The summed E-state index contributed by atoms with van der Waals surface area (Å²) in [6, 6.07) is 0. The van der Waals surface area contributed by atoms with E-state index >= 15 is 0 Å². The van der Waals surface area contributed by atoms with Gasteiger partial charge in [-0.15, -0.1) is 0 Å². The number of rotatable bonds is 0. The fourth-order valence-corrected chi connectivity index (χ4v) is 6.74. The lowest BCUT2D eigenvalue weighted by atomic mass is 9.89. The number of nitrogens with zero attached hydrogens (tertiary/aromatic N) is 2. The Morgan fingerprint density at radius 3 is 0.980 bits per heavy atom. The lowest BCUT2D eigenvalue weighted by Gasteiger charge is -2.33. The maximum Gasteiger partial charge on any atom is 0.0539 e. The van der Waals surface area contributed by atoms with Gasteiger partial charge in [0.1, 0.15) is 0 Å². The number of hydrogen-bond acceptors (Lipinski definition) is 5. The summed E-state index contributed by atoms with van der Waals surface area (Å²) in [5, 5.41) is 0. The lowest BCUT2D eigenvalue weighted by molar-refractivity contribution is -0.0892. The molecule has 0 radical (unpaired) electrons. The second kappa shape index (κ2) is 24.3. The third kappa shape index (κ3) is 22.1. The van der Waals surface area contributed by atoms with E-state index in [1.165, 1.54) is 71.1 Å². The molecule has 7 aliphatic rings. The van der Waals surface area contributed by atoms with E-state index in [-0.39, 0.29) is 0 Å². The van der Waals surface area contributed by atoms with Gasteiger partial charge < -0.3 is 24.0 Å². The smallest absolute Gasteiger partial charge is 0.0539 e. The molecular formula is C45H92N2O3. The van der Waals surface area contributed by atoms with E-state index < -0.39 is 0 Å². The fourth-order valence-electron chi connectivity index (χ4n) is 6.74. The summed E-state index contributed by atoms with van der Waals surface area (Å²) < 4.78 is 15.4. The zero-order valence-electron chi connectivity index (χ0n) is 36.9. The quantitative estimate of drug-likeness (QED) is 0.250. The SMILES string of the molecule is CC1(C)CC1.CC1(C)COC1.CC1CCCC1C.CC1CCN(C)CC1C.CC1CCOCC1C.CC1CN(C)CC1C.CC1COCC1C. The predicted octanol–water partition coefficient (Wildman–Crippen LogP) is 11.1. The lowest BCUT2D eigenvalue weighted by Crippen LogP contribution is -2.36. The highest BCUT2D eigenvalue weighted by Crippen LogP contribution is 2.43. The molecule has 0 aromatic heterocycles. The molecule has 5 nitrogen and oxygen atoms in total. The van der Waals surface area contributed by atoms with Crippen molar-refractivity contribution >= 4 is 0 Å². The molecule has 7 fully saturated rings. The number of piperidine rings is 1. The molecule has 7 rings (SSSR count). The molecule has 0 amide bonds. The average Bonchev–Trinajstić information content (AvgIpc) is 3.23. The van der Waals surface area contributed by atoms with Crippen molar-refractivity contribution in [1.82, 2.24) is 9.80 Å². The highest BCUT2D eigenvalue weighted by molar-refractivity contribution is 4.82. The Labute approximate surface area is 315 Å². The van der Waals surface area contributed by atoms with Crippen LogP contribution in [-0.2, 0) is 14.2 Å². The van der Waals surface area contributed by atoms with Crippen molar-refractivity contribution in [1.29, 1.82) is 0 Å². The van der Waals surface area contributed by atoms with E-state index in [1.807, 2.05) is 0 Å². The molecule has 0 aromatic carbocycles. The zero-order chi connectivity index (χ0) is 38.1. The molecule has 5 heterocycles. The summed E-state index contributed by atoms with van der Waals surface area (Å²) >= 11 is 0. The van der Waals surface area contributed by atoms with Gasteiger partial charge in [0.2, 0.25) is 0 Å². The second-order valence-corrected chi connectivity index (χ2v) is 20.2. The topological polar surface area (TPSA) is 34.2 Å². The number of likely N-dealkylation sites (tertiary alicyclic amines) is 2. The van der Waals surface area contributed by atoms with Gasteiger partial charge in [-0.05, 0) is 111 Å². The first-order valence-corrected chi connectivity index (χ1v) is 21.3. The van der Waals surface area contributed by atoms with E-state index in [2.05, 4.69) is 121 Å². The van der Waals surface area contributed by atoms with E-state index in [0.29, 0.717) is 5.41 Å². The molecule has 2 aliphatic carbocycles. The standard InChI is InChI=1S/C8H17N.C7H15N.C7H14O.C7H14.C6H12O.C5H10O.C5H10/c1-7-4-5-9(3)6-8(7)2;1-6-4-8(3)5-7(6)2;1-6-3-4-8-5-7(6)2;1-6-4-3-5-7(6)2;1-5-3-7-4-6(5)2;1-5(2)3-6-4-5;1-5(2)3-4-5/h7-8H,4-6H2,1-3H3;6-7H,4-5H2,1-3H3;6-7H,3-5H2,1-2H3;6-7H,3-5H2,1-2H3;5-6H,3-4H2,1-2H3;3-4H2,1-2H3;3-4H2,1-2H3. The monoisotopic (exact) mass is 709 g/mol. The summed E-state index contributed by atoms with van der Waals surface area (Å²) in [6.07, 6.45) is 9.96. The predicted molar refractivity (Wildman–Crippen MR) is 219 cm³/mol. The Bertz CT molecular complexity index is 778. The van der Waals surface area contributed by atoms with Gasteiger partial charge >= 0.3 is 0 Å². The van der Waals surface area contributed by atoms with Gasteiger partial charge in [-0.2, -0.15) is 0 Å². The largest absolute Gasteiger partial charge is 0.381 e. The highest BCUT2D eigenvalue weighted by Gasteiger charge is 2.30. The normalized spacial score (nSPS) is 38.2. The molecule has 10 unspecified atom stereocenters. The summed E-state index contributed by atoms with van der Waals surface area (Å²) in [7, 11) is 4.41. The molecular weight excluding hydrogens is 617 g/mol. The van der Waals surface area contributed by atoms with Crippen LogP contribution in [0.15, 0.2) is 0 Å². The van der Waals surface area contributed by atoms with Crippen LogP contribution >= 0.6 is 0 Å². The summed E-state index contributed by atoms with van der Waals surface area (Å²) in [4.78, 5) is 4.82. The van der Waals surface area contributed by atoms with Gasteiger partial charge in [0.05, 0.1) is 13.2 Å². The molecule has 0 aromatic rings. The van der Waals surface area contributed by atoms with Crippen LogP contribution in [0.5, 0.6) is 0 Å². The van der Waals surface area contributed by atoms with Crippen LogP contribution in [0.3, 0.4) is 0 Å². The Balaban J connectivity index is 0.000000293. The molecule has 0 N–H and O–H groups in total. The minimum Gasteiger partial charge on any atom is -0.381 e. The zero-order valence-corrected chi connectivity index (χ0v) is 36.9. The van der Waals surface area contributed by atoms with Crippen LogP contribution < -0.4 is 0 Å². The Kier molecular flexibility index (Phi) is 23.2. The van der Waals surface area contributed by atoms with Gasteiger partial charge in [-0.25, -0.2) is 0 Å². The Morgan fingerprint density at radius 2 is 0.780 bits per heavy atom. The molecule has 5 saturated heterocycles. The van der Waals surface area contributed by atoms with Gasteiger partial charge in [-0.3, -0.25) is 0 Å².